The van der Waals surface area contributed by atoms with Crippen LogP contribution in [0.15, 0.2) is 95.5 Å². The molecule has 0 radical (unpaired) electrons. The van der Waals surface area contributed by atoms with E-state index >= 15 is 0 Å². The molecule has 0 heterocycles. The van der Waals surface area contributed by atoms with E-state index in [1.165, 1.54) is 39.2 Å². The number of methoxy groups -OCH3 is 3. The number of carbonyl (C=O) groups is 3. The predicted molar refractivity (Wildman–Crippen MR) is 178 cm³/mol. The number of hydrogen-bond acceptors (Lipinski definition) is 7. The standard InChI is InChI=1S/C35H35N3O6S/c1-22-11-12-23(2)28(17-22)37-32(39)21-45-27-15-13-26(14-16-27)36-35(41)29(38-34(40)25-9-7-6-8-10-25)18-24-19-30(42-3)33(44-5)31(20-24)43-4/h6-20H,21H2,1-5H3,(H,36,41)(H,37,39)(H,38,40)/b29-18-. The van der Waals surface area contributed by atoms with E-state index in [2.05, 4.69) is 16.0 Å². The van der Waals surface area contributed by atoms with Crippen molar-refractivity contribution in [2.75, 3.05) is 37.7 Å². The Balaban J connectivity index is 1.49. The zero-order valence-electron chi connectivity index (χ0n) is 25.7. The van der Waals surface area contributed by atoms with Crippen LogP contribution in [0.4, 0.5) is 11.4 Å². The Morgan fingerprint density at radius 3 is 2.07 bits per heavy atom. The number of thioether (sulfide) groups is 1. The molecule has 0 unspecified atom stereocenters. The molecule has 0 aromatic heterocycles. The van der Waals surface area contributed by atoms with E-state index in [0.29, 0.717) is 34.1 Å². The summed E-state index contributed by atoms with van der Waals surface area (Å²) in [6.45, 7) is 3.93. The average Bonchev–Trinajstić information content (AvgIpc) is 3.05. The number of nitrogens with one attached hydrogen (secondary N) is 3. The number of rotatable bonds is 12. The summed E-state index contributed by atoms with van der Waals surface area (Å²) in [4.78, 5) is 39.9. The second-order valence-corrected chi connectivity index (χ2v) is 11.0. The quantitative estimate of drug-likeness (QED) is 0.122. The first-order valence-corrected chi connectivity index (χ1v) is 15.0. The summed E-state index contributed by atoms with van der Waals surface area (Å²) in [6, 6.07) is 25.0. The van der Waals surface area contributed by atoms with Crippen LogP contribution in [-0.2, 0) is 9.59 Å². The molecule has 232 valence electrons. The Labute approximate surface area is 267 Å². The molecule has 4 rings (SSSR count). The minimum absolute atomic E-state index is 0.000286. The van der Waals surface area contributed by atoms with Crippen molar-refractivity contribution in [2.24, 2.45) is 0 Å². The lowest BCUT2D eigenvalue weighted by molar-refractivity contribution is -0.114. The summed E-state index contributed by atoms with van der Waals surface area (Å²) in [5.74, 6) is 0.323. The zero-order valence-corrected chi connectivity index (χ0v) is 26.5. The van der Waals surface area contributed by atoms with Crippen molar-refractivity contribution >= 4 is 46.9 Å². The van der Waals surface area contributed by atoms with Gasteiger partial charge in [0.1, 0.15) is 5.70 Å². The van der Waals surface area contributed by atoms with E-state index in [9.17, 15) is 14.4 Å². The summed E-state index contributed by atoms with van der Waals surface area (Å²) >= 11 is 1.38. The molecule has 0 fully saturated rings. The lowest BCUT2D eigenvalue weighted by Gasteiger charge is -2.15. The highest BCUT2D eigenvalue weighted by atomic mass is 32.2. The van der Waals surface area contributed by atoms with Crippen LogP contribution in [0.5, 0.6) is 17.2 Å². The predicted octanol–water partition coefficient (Wildman–Crippen LogP) is 6.47. The summed E-state index contributed by atoms with van der Waals surface area (Å²) in [6.07, 6.45) is 1.53. The minimum Gasteiger partial charge on any atom is -0.493 e. The summed E-state index contributed by atoms with van der Waals surface area (Å²) in [7, 11) is 4.49. The van der Waals surface area contributed by atoms with E-state index in [1.54, 1.807) is 54.6 Å². The smallest absolute Gasteiger partial charge is 0.272 e. The molecule has 0 saturated carbocycles. The first kappa shape index (κ1) is 32.7. The molecule has 0 atom stereocenters. The van der Waals surface area contributed by atoms with Crippen LogP contribution in [0, 0.1) is 13.8 Å². The van der Waals surface area contributed by atoms with Crippen molar-refractivity contribution in [1.82, 2.24) is 5.32 Å². The highest BCUT2D eigenvalue weighted by Gasteiger charge is 2.18. The highest BCUT2D eigenvalue weighted by molar-refractivity contribution is 8.00. The summed E-state index contributed by atoms with van der Waals surface area (Å²) in [5, 5.41) is 8.52. The molecule has 0 aliphatic rings. The van der Waals surface area contributed by atoms with E-state index in [0.717, 1.165) is 21.7 Å². The van der Waals surface area contributed by atoms with E-state index in [4.69, 9.17) is 14.2 Å². The lowest BCUT2D eigenvalue weighted by atomic mass is 10.1. The molecule has 45 heavy (non-hydrogen) atoms. The van der Waals surface area contributed by atoms with Gasteiger partial charge in [0.25, 0.3) is 11.8 Å². The molecular formula is C35H35N3O6S. The normalized spacial score (nSPS) is 10.9. The average molecular weight is 626 g/mol. The van der Waals surface area contributed by atoms with Crippen LogP contribution in [-0.4, -0.2) is 44.8 Å². The number of hydrogen-bond donors (Lipinski definition) is 3. The molecule has 0 spiro atoms. The van der Waals surface area contributed by atoms with Gasteiger partial charge >= 0.3 is 0 Å². The van der Waals surface area contributed by atoms with Gasteiger partial charge in [0.2, 0.25) is 11.7 Å². The molecule has 10 heteroatoms. The third-order valence-electron chi connectivity index (χ3n) is 6.68. The van der Waals surface area contributed by atoms with Gasteiger partial charge in [-0.05, 0) is 91.2 Å². The Hall–Kier alpha value is -5.22. The van der Waals surface area contributed by atoms with Crippen molar-refractivity contribution in [2.45, 2.75) is 18.7 Å². The zero-order chi connectivity index (χ0) is 32.3. The van der Waals surface area contributed by atoms with Gasteiger partial charge in [-0.25, -0.2) is 0 Å². The third kappa shape index (κ3) is 8.90. The Morgan fingerprint density at radius 2 is 1.44 bits per heavy atom. The number of amides is 3. The molecule has 4 aromatic rings. The second kappa shape index (κ2) is 15.5. The van der Waals surface area contributed by atoms with Crippen molar-refractivity contribution in [3.8, 4) is 17.2 Å². The lowest BCUT2D eigenvalue weighted by Crippen LogP contribution is -2.30. The summed E-state index contributed by atoms with van der Waals surface area (Å²) in [5.41, 5.74) is 4.31. The van der Waals surface area contributed by atoms with Gasteiger partial charge in [-0.2, -0.15) is 0 Å². The monoisotopic (exact) mass is 625 g/mol. The van der Waals surface area contributed by atoms with Crippen LogP contribution < -0.4 is 30.2 Å². The molecule has 4 aromatic carbocycles. The first-order chi connectivity index (χ1) is 21.7. The SMILES string of the molecule is COc1cc(/C=C(\NC(=O)c2ccccc2)C(=O)Nc2ccc(SCC(=O)Nc3cc(C)ccc3C)cc2)cc(OC)c1OC. The van der Waals surface area contributed by atoms with Gasteiger partial charge in [0, 0.05) is 21.8 Å². The van der Waals surface area contributed by atoms with Crippen molar-refractivity contribution in [3.05, 3.63) is 113 Å². The van der Waals surface area contributed by atoms with Crippen LogP contribution in [0.2, 0.25) is 0 Å². The van der Waals surface area contributed by atoms with Crippen molar-refractivity contribution < 1.29 is 28.6 Å². The maximum absolute atomic E-state index is 13.5. The molecule has 0 bridgehead atoms. The fourth-order valence-corrected chi connectivity index (χ4v) is 5.03. The van der Waals surface area contributed by atoms with Crippen molar-refractivity contribution in [1.29, 1.82) is 0 Å². The fraction of sp³-hybridized carbons (Fsp3) is 0.171. The van der Waals surface area contributed by atoms with E-state index < -0.39 is 11.8 Å². The summed E-state index contributed by atoms with van der Waals surface area (Å²) < 4.78 is 16.3. The Morgan fingerprint density at radius 1 is 0.778 bits per heavy atom. The topological polar surface area (TPSA) is 115 Å². The molecule has 3 N–H and O–H groups in total. The van der Waals surface area contributed by atoms with Gasteiger partial charge < -0.3 is 30.2 Å². The Kier molecular flexibility index (Phi) is 11.3. The van der Waals surface area contributed by atoms with Gasteiger partial charge in [0.05, 0.1) is 27.1 Å². The van der Waals surface area contributed by atoms with E-state index in [1.807, 2.05) is 44.2 Å². The van der Waals surface area contributed by atoms with Crippen LogP contribution >= 0.6 is 11.8 Å². The Bertz CT molecular complexity index is 1680. The van der Waals surface area contributed by atoms with Gasteiger partial charge in [-0.1, -0.05) is 30.3 Å². The fourth-order valence-electron chi connectivity index (χ4n) is 4.33. The molecule has 0 saturated heterocycles. The third-order valence-corrected chi connectivity index (χ3v) is 7.69. The number of ether oxygens (including phenoxy) is 3. The maximum Gasteiger partial charge on any atom is 0.272 e. The second-order valence-electron chi connectivity index (χ2n) is 9.97. The highest BCUT2D eigenvalue weighted by Crippen LogP contribution is 2.38. The minimum atomic E-state index is -0.540. The molecule has 0 aliphatic heterocycles. The number of carbonyl (C=O) groups excluding carboxylic acids is 3. The molecule has 0 aliphatic carbocycles. The maximum atomic E-state index is 13.5. The number of aryl methyl sites for hydroxylation is 2. The van der Waals surface area contributed by atoms with Crippen LogP contribution in [0.25, 0.3) is 6.08 Å². The van der Waals surface area contributed by atoms with Crippen LogP contribution in [0.1, 0.15) is 27.0 Å². The number of benzene rings is 4. The molecular weight excluding hydrogens is 590 g/mol. The van der Waals surface area contributed by atoms with E-state index in [-0.39, 0.29) is 17.4 Å². The van der Waals surface area contributed by atoms with Crippen LogP contribution in [0.3, 0.4) is 0 Å². The van der Waals surface area contributed by atoms with Crippen molar-refractivity contribution in [3.63, 3.8) is 0 Å². The molecule has 9 nitrogen and oxygen atoms in total. The number of anilines is 2. The van der Waals surface area contributed by atoms with Gasteiger partial charge in [-0.3, -0.25) is 14.4 Å². The largest absolute Gasteiger partial charge is 0.493 e. The first-order valence-electron chi connectivity index (χ1n) is 14.0. The van der Waals surface area contributed by atoms with Gasteiger partial charge in [-0.15, -0.1) is 11.8 Å². The molecule has 3 amide bonds. The van der Waals surface area contributed by atoms with Gasteiger partial charge in [0.15, 0.2) is 11.5 Å².